The van der Waals surface area contributed by atoms with Crippen LogP contribution in [0.25, 0.3) is 0 Å². The zero-order chi connectivity index (χ0) is 14.4. The molecule has 0 saturated carbocycles. The molecule has 1 aromatic rings. The number of benzene rings is 1. The van der Waals surface area contributed by atoms with E-state index in [-0.39, 0.29) is 18.5 Å². The SMILES string of the molecule is CCC(C)N(CC(=O)O)C(=O)c1ccc(C#N)cc1. The summed E-state index contributed by atoms with van der Waals surface area (Å²) in [5.41, 5.74) is 0.852. The first kappa shape index (κ1) is 14.7. The van der Waals surface area contributed by atoms with Crippen molar-refractivity contribution < 1.29 is 14.7 Å². The molecular formula is C14H16N2O3. The molecule has 0 aliphatic rings. The van der Waals surface area contributed by atoms with Crippen LogP contribution in [0, 0.1) is 11.3 Å². The van der Waals surface area contributed by atoms with Crippen LogP contribution in [0.2, 0.25) is 0 Å². The number of nitriles is 1. The number of aliphatic carboxylic acids is 1. The van der Waals surface area contributed by atoms with E-state index >= 15 is 0 Å². The van der Waals surface area contributed by atoms with Crippen molar-refractivity contribution in [2.45, 2.75) is 26.3 Å². The summed E-state index contributed by atoms with van der Waals surface area (Å²) in [4.78, 5) is 24.4. The van der Waals surface area contributed by atoms with Gasteiger partial charge in [-0.15, -0.1) is 0 Å². The van der Waals surface area contributed by atoms with Gasteiger partial charge in [0.05, 0.1) is 11.6 Å². The molecule has 0 aromatic heterocycles. The zero-order valence-corrected chi connectivity index (χ0v) is 11.0. The van der Waals surface area contributed by atoms with Crippen LogP contribution in [0.4, 0.5) is 0 Å². The number of carboxylic acids is 1. The summed E-state index contributed by atoms with van der Waals surface area (Å²) >= 11 is 0. The largest absolute Gasteiger partial charge is 0.480 e. The normalized spacial score (nSPS) is 11.4. The molecule has 0 fully saturated rings. The molecule has 1 aromatic carbocycles. The molecule has 1 amide bonds. The third-order valence-corrected chi connectivity index (χ3v) is 2.95. The van der Waals surface area contributed by atoms with E-state index in [0.29, 0.717) is 17.5 Å². The Hall–Kier alpha value is -2.35. The molecule has 0 heterocycles. The Morgan fingerprint density at radius 1 is 1.37 bits per heavy atom. The smallest absolute Gasteiger partial charge is 0.323 e. The highest BCUT2D eigenvalue weighted by molar-refractivity contribution is 5.96. The molecule has 1 rings (SSSR count). The van der Waals surface area contributed by atoms with Crippen molar-refractivity contribution in [2.24, 2.45) is 0 Å². The summed E-state index contributed by atoms with van der Waals surface area (Å²) in [5.74, 6) is -1.37. The lowest BCUT2D eigenvalue weighted by molar-refractivity contribution is -0.138. The van der Waals surface area contributed by atoms with Crippen molar-refractivity contribution >= 4 is 11.9 Å². The molecule has 0 saturated heterocycles. The molecule has 0 aliphatic heterocycles. The fraction of sp³-hybridized carbons (Fsp3) is 0.357. The van der Waals surface area contributed by atoms with Gasteiger partial charge in [0.1, 0.15) is 6.54 Å². The Morgan fingerprint density at radius 3 is 2.37 bits per heavy atom. The number of carbonyl (C=O) groups excluding carboxylic acids is 1. The number of hydrogen-bond donors (Lipinski definition) is 1. The van der Waals surface area contributed by atoms with Gasteiger partial charge in [-0.1, -0.05) is 6.92 Å². The first-order valence-corrected chi connectivity index (χ1v) is 6.02. The molecule has 5 nitrogen and oxygen atoms in total. The van der Waals surface area contributed by atoms with Crippen molar-refractivity contribution in [1.82, 2.24) is 4.90 Å². The average Bonchev–Trinajstić information content (AvgIpc) is 2.43. The summed E-state index contributed by atoms with van der Waals surface area (Å²) in [6.45, 7) is 3.38. The fourth-order valence-corrected chi connectivity index (χ4v) is 1.65. The number of carboxylic acid groups (broad SMARTS) is 1. The molecule has 0 radical (unpaired) electrons. The second-order valence-electron chi connectivity index (χ2n) is 4.27. The van der Waals surface area contributed by atoms with E-state index in [1.165, 1.54) is 17.0 Å². The van der Waals surface area contributed by atoms with E-state index in [1.54, 1.807) is 12.1 Å². The Balaban J connectivity index is 2.97. The van der Waals surface area contributed by atoms with Crippen LogP contribution >= 0.6 is 0 Å². The van der Waals surface area contributed by atoms with Gasteiger partial charge in [-0.05, 0) is 37.6 Å². The highest BCUT2D eigenvalue weighted by atomic mass is 16.4. The first-order chi connectivity index (χ1) is 8.99. The maximum Gasteiger partial charge on any atom is 0.323 e. The van der Waals surface area contributed by atoms with Crippen molar-refractivity contribution in [3.05, 3.63) is 35.4 Å². The minimum Gasteiger partial charge on any atom is -0.480 e. The van der Waals surface area contributed by atoms with E-state index in [0.717, 1.165) is 0 Å². The molecule has 1 N–H and O–H groups in total. The topological polar surface area (TPSA) is 81.4 Å². The van der Waals surface area contributed by atoms with Crippen molar-refractivity contribution in [2.75, 3.05) is 6.54 Å². The minimum absolute atomic E-state index is 0.153. The number of amides is 1. The minimum atomic E-state index is -1.04. The third kappa shape index (κ3) is 3.81. The van der Waals surface area contributed by atoms with E-state index < -0.39 is 5.97 Å². The Labute approximate surface area is 112 Å². The van der Waals surface area contributed by atoms with Gasteiger partial charge in [0, 0.05) is 11.6 Å². The quantitative estimate of drug-likeness (QED) is 0.876. The summed E-state index contributed by atoms with van der Waals surface area (Å²) in [5, 5.41) is 17.6. The number of rotatable bonds is 5. The Kier molecular flexibility index (Phi) is 5.07. The molecule has 19 heavy (non-hydrogen) atoms. The summed E-state index contributed by atoms with van der Waals surface area (Å²) in [6.07, 6.45) is 0.676. The maximum absolute atomic E-state index is 12.3. The van der Waals surface area contributed by atoms with Crippen LogP contribution in [-0.2, 0) is 4.79 Å². The fourth-order valence-electron chi connectivity index (χ4n) is 1.65. The molecule has 1 unspecified atom stereocenters. The molecule has 1 atom stereocenters. The predicted molar refractivity (Wildman–Crippen MR) is 69.6 cm³/mol. The van der Waals surface area contributed by atoms with E-state index in [9.17, 15) is 9.59 Å². The van der Waals surface area contributed by atoms with Gasteiger partial charge in [-0.25, -0.2) is 0 Å². The predicted octanol–water partition coefficient (Wildman–Crippen LogP) is 1.88. The van der Waals surface area contributed by atoms with Crippen LogP contribution in [-0.4, -0.2) is 34.5 Å². The summed E-state index contributed by atoms with van der Waals surface area (Å²) in [6, 6.07) is 7.98. The summed E-state index contributed by atoms with van der Waals surface area (Å²) in [7, 11) is 0. The maximum atomic E-state index is 12.3. The van der Waals surface area contributed by atoms with Crippen molar-refractivity contribution in [3.8, 4) is 6.07 Å². The zero-order valence-electron chi connectivity index (χ0n) is 11.0. The second-order valence-corrected chi connectivity index (χ2v) is 4.27. The highest BCUT2D eigenvalue weighted by Gasteiger charge is 2.22. The molecule has 0 spiro atoms. The lowest BCUT2D eigenvalue weighted by Gasteiger charge is -2.27. The average molecular weight is 260 g/mol. The van der Waals surface area contributed by atoms with E-state index in [2.05, 4.69) is 0 Å². The molecule has 100 valence electrons. The van der Waals surface area contributed by atoms with Crippen LogP contribution in [0.5, 0.6) is 0 Å². The van der Waals surface area contributed by atoms with Gasteiger partial charge in [-0.2, -0.15) is 5.26 Å². The Morgan fingerprint density at radius 2 is 1.95 bits per heavy atom. The molecule has 0 bridgehead atoms. The standard InChI is InChI=1S/C14H16N2O3/c1-3-10(2)16(9-13(17)18)14(19)12-6-4-11(8-15)5-7-12/h4-7,10H,3,9H2,1-2H3,(H,17,18). The number of hydrogen-bond acceptors (Lipinski definition) is 3. The van der Waals surface area contributed by atoms with Gasteiger partial charge in [0.25, 0.3) is 5.91 Å². The highest BCUT2D eigenvalue weighted by Crippen LogP contribution is 2.11. The van der Waals surface area contributed by atoms with Gasteiger partial charge in [0.15, 0.2) is 0 Å². The Bertz CT molecular complexity index is 502. The van der Waals surface area contributed by atoms with Gasteiger partial charge < -0.3 is 10.0 Å². The van der Waals surface area contributed by atoms with Crippen molar-refractivity contribution in [1.29, 1.82) is 5.26 Å². The van der Waals surface area contributed by atoms with Gasteiger partial charge >= 0.3 is 5.97 Å². The summed E-state index contributed by atoms with van der Waals surface area (Å²) < 4.78 is 0. The number of nitrogens with zero attached hydrogens (tertiary/aromatic N) is 2. The van der Waals surface area contributed by atoms with Crippen LogP contribution < -0.4 is 0 Å². The molecular weight excluding hydrogens is 244 g/mol. The lowest BCUT2D eigenvalue weighted by Crippen LogP contribution is -2.41. The van der Waals surface area contributed by atoms with Crippen LogP contribution in [0.1, 0.15) is 36.2 Å². The van der Waals surface area contributed by atoms with Crippen LogP contribution in [0.3, 0.4) is 0 Å². The van der Waals surface area contributed by atoms with Gasteiger partial charge in [-0.3, -0.25) is 9.59 Å². The second kappa shape index (κ2) is 6.55. The first-order valence-electron chi connectivity index (χ1n) is 6.02. The lowest BCUT2D eigenvalue weighted by atomic mass is 10.1. The third-order valence-electron chi connectivity index (χ3n) is 2.95. The van der Waals surface area contributed by atoms with E-state index in [1.807, 2.05) is 19.9 Å². The van der Waals surface area contributed by atoms with Gasteiger partial charge in [0.2, 0.25) is 0 Å². The van der Waals surface area contributed by atoms with Crippen LogP contribution in [0.15, 0.2) is 24.3 Å². The molecule has 5 heteroatoms. The molecule has 0 aliphatic carbocycles. The number of carbonyl (C=O) groups is 2. The van der Waals surface area contributed by atoms with Crippen molar-refractivity contribution in [3.63, 3.8) is 0 Å². The van der Waals surface area contributed by atoms with E-state index in [4.69, 9.17) is 10.4 Å². The monoisotopic (exact) mass is 260 g/mol.